The molecule has 246 valence electrons. The highest BCUT2D eigenvalue weighted by molar-refractivity contribution is 7.90. The molecule has 47 heavy (non-hydrogen) atoms. The molecule has 0 spiro atoms. The number of benzene rings is 3. The molecule has 0 radical (unpaired) electrons. The minimum absolute atomic E-state index is 0.0266. The van der Waals surface area contributed by atoms with Gasteiger partial charge in [-0.2, -0.15) is 13.2 Å². The summed E-state index contributed by atoms with van der Waals surface area (Å²) in [6.45, 7) is 3.67. The Morgan fingerprint density at radius 1 is 0.915 bits per heavy atom. The van der Waals surface area contributed by atoms with Crippen molar-refractivity contribution < 1.29 is 21.6 Å². The fourth-order valence-corrected chi connectivity index (χ4v) is 7.87. The Labute approximate surface area is 273 Å². The molecule has 0 bridgehead atoms. The summed E-state index contributed by atoms with van der Waals surface area (Å²) in [7, 11) is -4.11. The first-order valence-electron chi connectivity index (χ1n) is 16.0. The van der Waals surface area contributed by atoms with Crippen LogP contribution < -0.4 is 5.32 Å². The zero-order chi connectivity index (χ0) is 33.0. The molecule has 3 heterocycles. The van der Waals surface area contributed by atoms with Gasteiger partial charge in [-0.25, -0.2) is 22.4 Å². The Morgan fingerprint density at radius 2 is 1.62 bits per heavy atom. The highest BCUT2D eigenvalue weighted by atomic mass is 32.2. The molecule has 7 nitrogen and oxygen atoms in total. The number of hydrogen-bond acceptors (Lipinski definition) is 6. The van der Waals surface area contributed by atoms with Crippen molar-refractivity contribution in [2.45, 2.75) is 75.1 Å². The molecule has 1 N–H and O–H groups in total. The molecule has 0 aliphatic carbocycles. The van der Waals surface area contributed by atoms with Crippen molar-refractivity contribution in [1.82, 2.24) is 18.8 Å². The number of likely N-dealkylation sites (tertiary alicyclic amines) is 1. The maximum atomic E-state index is 14.4. The van der Waals surface area contributed by atoms with Gasteiger partial charge in [-0.15, -0.1) is 0 Å². The van der Waals surface area contributed by atoms with Crippen molar-refractivity contribution in [3.8, 4) is 11.3 Å². The summed E-state index contributed by atoms with van der Waals surface area (Å²) in [5.41, 5.74) is 0.119. The molecular weight excluding hydrogens is 623 g/mol. The van der Waals surface area contributed by atoms with E-state index in [4.69, 9.17) is 0 Å². The third-order valence-corrected chi connectivity index (χ3v) is 10.5. The molecule has 2 atom stereocenters. The fourth-order valence-electron chi connectivity index (χ4n) is 6.48. The number of anilines is 1. The van der Waals surface area contributed by atoms with E-state index in [-0.39, 0.29) is 33.7 Å². The molecule has 6 rings (SSSR count). The molecule has 1 aliphatic rings. The number of nitrogens with one attached hydrogen (secondary N) is 1. The van der Waals surface area contributed by atoms with Crippen LogP contribution in [-0.2, 0) is 22.7 Å². The molecular formula is C36H38F3N5O2S. The normalized spacial score (nSPS) is 17.6. The van der Waals surface area contributed by atoms with E-state index in [9.17, 15) is 21.6 Å². The largest absolute Gasteiger partial charge is 0.419 e. The number of unbranched alkanes of at least 4 members (excludes halogenated alkanes) is 2. The van der Waals surface area contributed by atoms with E-state index in [0.29, 0.717) is 18.0 Å². The molecule has 0 amide bonds. The molecule has 3 aromatic carbocycles. The van der Waals surface area contributed by atoms with Gasteiger partial charge in [0.15, 0.2) is 0 Å². The van der Waals surface area contributed by atoms with E-state index in [2.05, 4.69) is 39.2 Å². The van der Waals surface area contributed by atoms with Crippen LogP contribution in [0.5, 0.6) is 0 Å². The van der Waals surface area contributed by atoms with Crippen LogP contribution in [0.15, 0.2) is 102 Å². The second-order valence-corrected chi connectivity index (χ2v) is 13.9. The van der Waals surface area contributed by atoms with Gasteiger partial charge in [0.2, 0.25) is 5.95 Å². The maximum absolute atomic E-state index is 14.4. The van der Waals surface area contributed by atoms with Gasteiger partial charge in [0.05, 0.1) is 16.1 Å². The van der Waals surface area contributed by atoms with E-state index in [1.165, 1.54) is 30.3 Å². The topological polar surface area (TPSA) is 80.1 Å². The van der Waals surface area contributed by atoms with Gasteiger partial charge in [0.25, 0.3) is 10.0 Å². The van der Waals surface area contributed by atoms with Gasteiger partial charge in [0, 0.05) is 48.5 Å². The van der Waals surface area contributed by atoms with Crippen LogP contribution in [0.1, 0.15) is 56.6 Å². The summed E-state index contributed by atoms with van der Waals surface area (Å²) in [6.07, 6.45) is 3.63. The number of fused-ring (bicyclic) bond motifs is 1. The predicted octanol–water partition coefficient (Wildman–Crippen LogP) is 8.38. The van der Waals surface area contributed by atoms with Crippen molar-refractivity contribution in [1.29, 1.82) is 0 Å². The standard InChI is InChI=1S/C36H38F3N5O2S/c1-2-3-6-15-28-21-20-27(24-43(28)23-26-13-7-4-8-14-26)41-35-40-22-32(36(37,38)39)34(42-35)31-25-44(33-19-12-11-18-30(31)33)47(45,46)29-16-9-5-10-17-29/h4-5,7-14,16-19,22,25,27-28H,2-3,6,15,20-21,23-24H2,1H3,(H,40,41,42)/t27-,28?/m0/s1. The maximum Gasteiger partial charge on any atom is 0.419 e. The first kappa shape index (κ1) is 32.7. The second kappa shape index (κ2) is 13.9. The van der Waals surface area contributed by atoms with Gasteiger partial charge < -0.3 is 5.32 Å². The molecule has 11 heteroatoms. The highest BCUT2D eigenvalue weighted by Gasteiger charge is 2.37. The minimum Gasteiger partial charge on any atom is -0.350 e. The van der Waals surface area contributed by atoms with Gasteiger partial charge in [-0.3, -0.25) is 4.90 Å². The lowest BCUT2D eigenvalue weighted by Crippen LogP contribution is -2.47. The summed E-state index contributed by atoms with van der Waals surface area (Å²) >= 11 is 0. The lowest BCUT2D eigenvalue weighted by molar-refractivity contribution is -0.137. The summed E-state index contributed by atoms with van der Waals surface area (Å²) in [6, 6.07) is 24.9. The van der Waals surface area contributed by atoms with Gasteiger partial charge >= 0.3 is 6.18 Å². The van der Waals surface area contributed by atoms with E-state index in [1.54, 1.807) is 42.5 Å². The Kier molecular flexibility index (Phi) is 9.65. The van der Waals surface area contributed by atoms with Crippen LogP contribution >= 0.6 is 0 Å². The van der Waals surface area contributed by atoms with E-state index in [1.807, 2.05) is 18.2 Å². The number of alkyl halides is 3. The van der Waals surface area contributed by atoms with Gasteiger partial charge in [-0.05, 0) is 43.0 Å². The molecule has 1 fully saturated rings. The summed E-state index contributed by atoms with van der Waals surface area (Å²) in [5.74, 6) is 0.0739. The first-order chi connectivity index (χ1) is 22.6. The van der Waals surface area contributed by atoms with E-state index in [0.717, 1.165) is 48.8 Å². The van der Waals surface area contributed by atoms with Crippen molar-refractivity contribution in [3.05, 3.63) is 108 Å². The zero-order valence-corrected chi connectivity index (χ0v) is 27.0. The lowest BCUT2D eigenvalue weighted by atomic mass is 9.93. The van der Waals surface area contributed by atoms with Crippen molar-refractivity contribution >= 4 is 26.9 Å². The van der Waals surface area contributed by atoms with Crippen LogP contribution in [0.3, 0.4) is 0 Å². The molecule has 5 aromatic rings. The van der Waals surface area contributed by atoms with Crippen LogP contribution in [-0.4, -0.2) is 45.9 Å². The van der Waals surface area contributed by atoms with Crippen LogP contribution in [0.4, 0.5) is 19.1 Å². The lowest BCUT2D eigenvalue weighted by Gasteiger charge is -2.40. The van der Waals surface area contributed by atoms with Gasteiger partial charge in [-0.1, -0.05) is 92.9 Å². The van der Waals surface area contributed by atoms with E-state index >= 15 is 0 Å². The van der Waals surface area contributed by atoms with Gasteiger partial charge in [0.1, 0.15) is 5.56 Å². The van der Waals surface area contributed by atoms with E-state index < -0.39 is 21.8 Å². The molecule has 1 unspecified atom stereocenters. The van der Waals surface area contributed by atoms with Crippen molar-refractivity contribution in [3.63, 3.8) is 0 Å². The Morgan fingerprint density at radius 3 is 2.34 bits per heavy atom. The van der Waals surface area contributed by atoms with Crippen LogP contribution in [0.2, 0.25) is 0 Å². The summed E-state index contributed by atoms with van der Waals surface area (Å²) in [5, 5.41) is 3.66. The molecule has 1 aliphatic heterocycles. The average molecular weight is 662 g/mol. The highest BCUT2D eigenvalue weighted by Crippen LogP contribution is 2.40. The average Bonchev–Trinajstić information content (AvgIpc) is 3.47. The number of piperidine rings is 1. The van der Waals surface area contributed by atoms with Crippen LogP contribution in [0, 0.1) is 0 Å². The van der Waals surface area contributed by atoms with Crippen molar-refractivity contribution in [2.75, 3.05) is 11.9 Å². The Hall–Kier alpha value is -4.22. The number of para-hydroxylation sites is 1. The summed E-state index contributed by atoms with van der Waals surface area (Å²) in [4.78, 5) is 11.0. The fraction of sp³-hybridized carbons (Fsp3) is 0.333. The molecule has 2 aromatic heterocycles. The number of aromatic nitrogens is 3. The zero-order valence-electron chi connectivity index (χ0n) is 26.2. The Balaban J connectivity index is 1.34. The van der Waals surface area contributed by atoms with Crippen molar-refractivity contribution in [2.24, 2.45) is 0 Å². The number of hydrogen-bond donors (Lipinski definition) is 1. The monoisotopic (exact) mass is 661 g/mol. The quantitative estimate of drug-likeness (QED) is 0.143. The smallest absolute Gasteiger partial charge is 0.350 e. The third kappa shape index (κ3) is 7.21. The summed E-state index contributed by atoms with van der Waals surface area (Å²) < 4.78 is 71.6. The SMILES string of the molecule is CCCCCC1CC[C@H](Nc2ncc(C(F)(F)F)c(-c3cn(S(=O)(=O)c4ccccc4)c4ccccc34)n2)CN1Cc1ccccc1. The van der Waals surface area contributed by atoms with Crippen LogP contribution in [0.25, 0.3) is 22.2 Å². The number of rotatable bonds is 11. The third-order valence-electron chi connectivity index (χ3n) is 8.85. The number of halogens is 3. The second-order valence-electron chi connectivity index (χ2n) is 12.1. The first-order valence-corrected chi connectivity index (χ1v) is 17.5. The predicted molar refractivity (Wildman–Crippen MR) is 178 cm³/mol. The number of nitrogens with zero attached hydrogens (tertiary/aromatic N) is 4. The minimum atomic E-state index is -4.77. The molecule has 0 saturated carbocycles. The Bertz CT molecular complexity index is 1910. The molecule has 1 saturated heterocycles.